The van der Waals surface area contributed by atoms with E-state index in [1.807, 2.05) is 0 Å². The summed E-state index contributed by atoms with van der Waals surface area (Å²) in [5.74, 6) is -0.488. The lowest BCUT2D eigenvalue weighted by Gasteiger charge is -2.11. The maximum Gasteiger partial charge on any atom is 0.261 e. The topological polar surface area (TPSA) is 44.1 Å². The molecule has 0 bridgehead atoms. The van der Waals surface area contributed by atoms with E-state index in [1.54, 1.807) is 6.07 Å². The summed E-state index contributed by atoms with van der Waals surface area (Å²) in [6.07, 6.45) is 4.53. The molecule has 3 rings (SSSR count). The minimum Gasteiger partial charge on any atom is -0.378 e. The van der Waals surface area contributed by atoms with Gasteiger partial charge in [-0.25, -0.2) is 9.37 Å². The average molecular weight is 341 g/mol. The smallest absolute Gasteiger partial charge is 0.261 e. The molecule has 2 heterocycles. The maximum absolute atomic E-state index is 13.7. The lowest BCUT2D eigenvalue weighted by Crippen LogP contribution is -2.23. The number of benzene rings is 1. The highest BCUT2D eigenvalue weighted by molar-refractivity contribution is 9.10. The largest absolute Gasteiger partial charge is 0.378 e. The Labute approximate surface area is 123 Å². The molecule has 1 aromatic carbocycles. The van der Waals surface area contributed by atoms with Crippen molar-refractivity contribution >= 4 is 26.8 Å². The fourth-order valence-corrected chi connectivity index (χ4v) is 2.94. The minimum absolute atomic E-state index is 0.117. The van der Waals surface area contributed by atoms with Crippen LogP contribution < -0.4 is 5.56 Å². The predicted molar refractivity (Wildman–Crippen MR) is 77.3 cm³/mol. The normalized spacial score (nSPS) is 18.8. The van der Waals surface area contributed by atoms with Crippen molar-refractivity contribution in [3.8, 4) is 0 Å². The van der Waals surface area contributed by atoms with Gasteiger partial charge in [-0.1, -0.05) is 15.9 Å². The third-order valence-electron chi connectivity index (χ3n) is 3.56. The molecular weight excluding hydrogens is 327 g/mol. The molecule has 1 fully saturated rings. The summed E-state index contributed by atoms with van der Waals surface area (Å²) >= 11 is 3.20. The van der Waals surface area contributed by atoms with Gasteiger partial charge in [-0.05, 0) is 31.4 Å². The van der Waals surface area contributed by atoms with Gasteiger partial charge in [-0.3, -0.25) is 9.36 Å². The van der Waals surface area contributed by atoms with E-state index in [9.17, 15) is 9.18 Å². The van der Waals surface area contributed by atoms with Crippen LogP contribution in [0.5, 0.6) is 0 Å². The molecule has 0 spiro atoms. The molecule has 6 heteroatoms. The first-order valence-corrected chi connectivity index (χ1v) is 7.40. The Kier molecular flexibility index (Phi) is 3.85. The number of hydrogen-bond donors (Lipinski definition) is 0. The van der Waals surface area contributed by atoms with Crippen LogP contribution in [0.15, 0.2) is 27.7 Å². The molecule has 0 radical (unpaired) electrons. The molecule has 0 aliphatic carbocycles. The molecule has 2 aromatic rings. The minimum atomic E-state index is -0.488. The standard InChI is InChI=1S/C14H14BrFN2O2/c15-9-6-11-13(12(16)7-9)17-8-18(14(11)19)4-3-10-2-1-5-20-10/h6-8,10H,1-5H2/t10-/m0/s1. The third kappa shape index (κ3) is 2.62. The fourth-order valence-electron chi connectivity index (χ4n) is 2.51. The monoisotopic (exact) mass is 340 g/mol. The van der Waals surface area contributed by atoms with Crippen molar-refractivity contribution in [1.29, 1.82) is 0 Å². The van der Waals surface area contributed by atoms with Crippen molar-refractivity contribution in [1.82, 2.24) is 9.55 Å². The van der Waals surface area contributed by atoms with Crippen LogP contribution in [0.1, 0.15) is 19.3 Å². The Morgan fingerprint density at radius 2 is 2.35 bits per heavy atom. The quantitative estimate of drug-likeness (QED) is 0.862. The zero-order valence-electron chi connectivity index (χ0n) is 10.8. The van der Waals surface area contributed by atoms with Gasteiger partial charge >= 0.3 is 0 Å². The van der Waals surface area contributed by atoms with Crippen LogP contribution in [0.4, 0.5) is 4.39 Å². The van der Waals surface area contributed by atoms with Crippen molar-refractivity contribution in [2.75, 3.05) is 6.61 Å². The second kappa shape index (κ2) is 5.61. The van der Waals surface area contributed by atoms with E-state index < -0.39 is 5.82 Å². The molecule has 1 aromatic heterocycles. The van der Waals surface area contributed by atoms with E-state index in [0.717, 1.165) is 25.9 Å². The molecule has 1 saturated heterocycles. The van der Waals surface area contributed by atoms with Crippen molar-refractivity contribution in [3.05, 3.63) is 39.1 Å². The second-order valence-electron chi connectivity index (χ2n) is 4.95. The Morgan fingerprint density at radius 1 is 1.50 bits per heavy atom. The SMILES string of the molecule is O=c1c2cc(Br)cc(F)c2ncn1CC[C@@H]1CCCO1. The zero-order valence-corrected chi connectivity index (χ0v) is 12.4. The molecular formula is C14H14BrFN2O2. The number of fused-ring (bicyclic) bond motifs is 1. The number of aromatic nitrogens is 2. The summed E-state index contributed by atoms with van der Waals surface area (Å²) in [6.45, 7) is 1.34. The van der Waals surface area contributed by atoms with Crippen LogP contribution in [-0.4, -0.2) is 22.3 Å². The number of halogens is 2. The second-order valence-corrected chi connectivity index (χ2v) is 5.87. The van der Waals surface area contributed by atoms with Gasteiger partial charge in [0.25, 0.3) is 5.56 Å². The van der Waals surface area contributed by atoms with E-state index in [4.69, 9.17) is 4.74 Å². The van der Waals surface area contributed by atoms with Crippen LogP contribution in [0.25, 0.3) is 10.9 Å². The van der Waals surface area contributed by atoms with Gasteiger partial charge in [0, 0.05) is 17.6 Å². The van der Waals surface area contributed by atoms with Crippen LogP contribution in [0.2, 0.25) is 0 Å². The Balaban J connectivity index is 1.92. The number of nitrogens with zero attached hydrogens (tertiary/aromatic N) is 2. The van der Waals surface area contributed by atoms with Gasteiger partial charge in [0.15, 0.2) is 5.82 Å². The number of hydrogen-bond acceptors (Lipinski definition) is 3. The molecule has 4 nitrogen and oxygen atoms in total. The summed E-state index contributed by atoms with van der Waals surface area (Å²) in [7, 11) is 0. The summed E-state index contributed by atoms with van der Waals surface area (Å²) in [5, 5.41) is 0.298. The van der Waals surface area contributed by atoms with Gasteiger partial charge < -0.3 is 4.74 Å². The first-order chi connectivity index (χ1) is 9.65. The maximum atomic E-state index is 13.7. The molecule has 0 saturated carbocycles. The Bertz CT molecular complexity index is 695. The van der Waals surface area contributed by atoms with Gasteiger partial charge in [-0.15, -0.1) is 0 Å². The first-order valence-electron chi connectivity index (χ1n) is 6.61. The molecule has 0 amide bonds. The first kappa shape index (κ1) is 13.7. The summed E-state index contributed by atoms with van der Waals surface area (Å²) in [5.41, 5.74) is -0.0974. The van der Waals surface area contributed by atoms with E-state index >= 15 is 0 Å². The molecule has 1 aliphatic heterocycles. The molecule has 1 aliphatic rings. The highest BCUT2D eigenvalue weighted by Crippen LogP contribution is 2.19. The number of aryl methyl sites for hydroxylation is 1. The highest BCUT2D eigenvalue weighted by atomic mass is 79.9. The van der Waals surface area contributed by atoms with Crippen LogP contribution >= 0.6 is 15.9 Å². The fraction of sp³-hybridized carbons (Fsp3) is 0.429. The zero-order chi connectivity index (χ0) is 14.1. The van der Waals surface area contributed by atoms with Gasteiger partial charge in [-0.2, -0.15) is 0 Å². The van der Waals surface area contributed by atoms with Crippen molar-refractivity contribution in [2.24, 2.45) is 0 Å². The van der Waals surface area contributed by atoms with Crippen LogP contribution in [0.3, 0.4) is 0 Å². The molecule has 0 N–H and O–H groups in total. The third-order valence-corrected chi connectivity index (χ3v) is 4.02. The van der Waals surface area contributed by atoms with Crippen LogP contribution in [-0.2, 0) is 11.3 Å². The van der Waals surface area contributed by atoms with E-state index in [0.29, 0.717) is 16.4 Å². The van der Waals surface area contributed by atoms with E-state index in [2.05, 4.69) is 20.9 Å². The average Bonchev–Trinajstić information content (AvgIpc) is 2.92. The van der Waals surface area contributed by atoms with Gasteiger partial charge in [0.1, 0.15) is 5.52 Å². The molecule has 20 heavy (non-hydrogen) atoms. The Morgan fingerprint density at radius 3 is 3.10 bits per heavy atom. The van der Waals surface area contributed by atoms with E-state index in [-0.39, 0.29) is 17.2 Å². The van der Waals surface area contributed by atoms with Crippen molar-refractivity contribution in [3.63, 3.8) is 0 Å². The van der Waals surface area contributed by atoms with E-state index in [1.165, 1.54) is 17.0 Å². The lowest BCUT2D eigenvalue weighted by atomic mass is 10.2. The predicted octanol–water partition coefficient (Wildman–Crippen LogP) is 2.87. The highest BCUT2D eigenvalue weighted by Gasteiger charge is 2.16. The molecule has 106 valence electrons. The summed E-state index contributed by atoms with van der Waals surface area (Å²) < 4.78 is 21.3. The number of ether oxygens (including phenoxy) is 1. The van der Waals surface area contributed by atoms with Crippen molar-refractivity contribution in [2.45, 2.75) is 31.9 Å². The molecule has 1 atom stereocenters. The number of rotatable bonds is 3. The van der Waals surface area contributed by atoms with Gasteiger partial charge in [0.2, 0.25) is 0 Å². The summed E-state index contributed by atoms with van der Waals surface area (Å²) in [6, 6.07) is 2.92. The Hall–Kier alpha value is -1.27. The van der Waals surface area contributed by atoms with Gasteiger partial charge in [0.05, 0.1) is 17.8 Å². The summed E-state index contributed by atoms with van der Waals surface area (Å²) in [4.78, 5) is 16.4. The van der Waals surface area contributed by atoms with Crippen molar-refractivity contribution < 1.29 is 9.13 Å². The van der Waals surface area contributed by atoms with Crippen LogP contribution in [0, 0.1) is 5.82 Å². The lowest BCUT2D eigenvalue weighted by molar-refractivity contribution is 0.100. The molecule has 0 unspecified atom stereocenters.